The first-order valence-corrected chi connectivity index (χ1v) is 5.73. The second-order valence-electron chi connectivity index (χ2n) is 5.19. The van der Waals surface area contributed by atoms with Gasteiger partial charge in [-0.1, -0.05) is 0 Å². The first-order chi connectivity index (χ1) is 8.17. The lowest BCUT2D eigenvalue weighted by molar-refractivity contribution is 0.0508. The molecule has 0 spiro atoms. The lowest BCUT2D eigenvalue weighted by Crippen LogP contribution is -2.34. The first-order valence-electron chi connectivity index (χ1n) is 5.73. The van der Waals surface area contributed by atoms with E-state index in [2.05, 4.69) is 5.32 Å². The largest absolute Gasteiger partial charge is 0.444 e. The smallest absolute Gasteiger partial charge is 0.408 e. The fraction of sp³-hybridized carbons (Fsp3) is 0.462. The first kappa shape index (κ1) is 14.3. The number of nitrogens with one attached hydrogen (secondary N) is 1. The highest BCUT2D eigenvalue weighted by atomic mass is 19.1. The molecular formula is C13H19FN2O2. The van der Waals surface area contributed by atoms with E-state index in [1.165, 1.54) is 12.1 Å². The van der Waals surface area contributed by atoms with Crippen LogP contribution in [0.3, 0.4) is 0 Å². The van der Waals surface area contributed by atoms with Crippen molar-refractivity contribution in [1.82, 2.24) is 5.32 Å². The number of rotatable bonds is 2. The van der Waals surface area contributed by atoms with Crippen molar-refractivity contribution in [3.8, 4) is 0 Å². The maximum atomic E-state index is 13.2. The Morgan fingerprint density at radius 1 is 1.39 bits per heavy atom. The van der Waals surface area contributed by atoms with Gasteiger partial charge in [-0.25, -0.2) is 9.18 Å². The minimum Gasteiger partial charge on any atom is -0.444 e. The zero-order valence-corrected chi connectivity index (χ0v) is 11.1. The van der Waals surface area contributed by atoms with Gasteiger partial charge in [-0.2, -0.15) is 0 Å². The summed E-state index contributed by atoms with van der Waals surface area (Å²) in [6.45, 7) is 7.06. The van der Waals surface area contributed by atoms with E-state index in [4.69, 9.17) is 10.5 Å². The van der Waals surface area contributed by atoms with Crippen LogP contribution in [0.1, 0.15) is 39.3 Å². The molecule has 0 saturated carbocycles. The van der Waals surface area contributed by atoms with Crippen molar-refractivity contribution in [3.63, 3.8) is 0 Å². The highest BCUT2D eigenvalue weighted by Gasteiger charge is 2.18. The van der Waals surface area contributed by atoms with Gasteiger partial charge < -0.3 is 15.8 Å². The number of ether oxygens (including phenoxy) is 1. The van der Waals surface area contributed by atoms with Gasteiger partial charge in [-0.3, -0.25) is 0 Å². The molecule has 0 bridgehead atoms. The molecule has 0 heterocycles. The van der Waals surface area contributed by atoms with Gasteiger partial charge in [0.2, 0.25) is 0 Å². The van der Waals surface area contributed by atoms with Crippen LogP contribution in [0.5, 0.6) is 0 Å². The summed E-state index contributed by atoms with van der Waals surface area (Å²) in [6, 6.07) is 3.80. The Kier molecular flexibility index (Phi) is 4.16. The Bertz CT molecular complexity index is 421. The molecule has 18 heavy (non-hydrogen) atoms. The van der Waals surface area contributed by atoms with E-state index < -0.39 is 17.5 Å². The molecule has 0 unspecified atom stereocenters. The van der Waals surface area contributed by atoms with Crippen LogP contribution < -0.4 is 11.1 Å². The topological polar surface area (TPSA) is 64.3 Å². The van der Waals surface area contributed by atoms with E-state index in [-0.39, 0.29) is 6.04 Å². The molecule has 0 aliphatic rings. The summed E-state index contributed by atoms with van der Waals surface area (Å²) in [5.41, 5.74) is 5.90. The van der Waals surface area contributed by atoms with Gasteiger partial charge in [0, 0.05) is 5.69 Å². The molecule has 1 atom stereocenters. The van der Waals surface area contributed by atoms with Crippen LogP contribution in [-0.2, 0) is 4.74 Å². The summed E-state index contributed by atoms with van der Waals surface area (Å²) in [6.07, 6.45) is -0.544. The van der Waals surface area contributed by atoms with Crippen LogP contribution in [-0.4, -0.2) is 11.7 Å². The van der Waals surface area contributed by atoms with Gasteiger partial charge >= 0.3 is 6.09 Å². The molecule has 1 aromatic carbocycles. The van der Waals surface area contributed by atoms with Crippen molar-refractivity contribution in [2.45, 2.75) is 39.3 Å². The Balaban J connectivity index is 2.70. The zero-order valence-electron chi connectivity index (χ0n) is 11.1. The number of hydrogen-bond donors (Lipinski definition) is 2. The fourth-order valence-electron chi connectivity index (χ4n) is 1.45. The van der Waals surface area contributed by atoms with Gasteiger partial charge in [-0.05, 0) is 51.5 Å². The fourth-order valence-corrected chi connectivity index (χ4v) is 1.45. The standard InChI is InChI=1S/C13H19FN2O2/c1-8(16-12(17)18-13(2,3)4)9-5-10(14)7-11(15)6-9/h5-8H,15H2,1-4H3,(H,16,17)/t8-/m1/s1. The van der Waals surface area contributed by atoms with Gasteiger partial charge in [0.05, 0.1) is 6.04 Å². The molecule has 0 fully saturated rings. The maximum Gasteiger partial charge on any atom is 0.408 e. The molecule has 1 amide bonds. The Labute approximate surface area is 106 Å². The third kappa shape index (κ3) is 4.61. The molecule has 5 heteroatoms. The molecule has 0 aliphatic heterocycles. The number of nitrogens with two attached hydrogens (primary N) is 1. The SMILES string of the molecule is C[C@@H](NC(=O)OC(C)(C)C)c1cc(N)cc(F)c1. The molecule has 100 valence electrons. The average molecular weight is 254 g/mol. The van der Waals surface area contributed by atoms with E-state index in [0.29, 0.717) is 11.3 Å². The lowest BCUT2D eigenvalue weighted by Gasteiger charge is -2.22. The molecular weight excluding hydrogens is 235 g/mol. The number of carbonyl (C=O) groups is 1. The Morgan fingerprint density at radius 2 is 2.00 bits per heavy atom. The molecule has 4 nitrogen and oxygen atoms in total. The van der Waals surface area contributed by atoms with Gasteiger partial charge in [-0.15, -0.1) is 0 Å². The second-order valence-corrected chi connectivity index (χ2v) is 5.19. The number of halogens is 1. The number of anilines is 1. The monoisotopic (exact) mass is 254 g/mol. The number of alkyl carbamates (subject to hydrolysis) is 1. The summed E-state index contributed by atoms with van der Waals surface area (Å²) in [5, 5.41) is 2.62. The van der Waals surface area contributed by atoms with E-state index in [1.807, 2.05) is 0 Å². The van der Waals surface area contributed by atoms with E-state index in [1.54, 1.807) is 33.8 Å². The normalized spacial score (nSPS) is 12.9. The molecule has 1 rings (SSSR count). The minimum absolute atomic E-state index is 0.322. The summed E-state index contributed by atoms with van der Waals surface area (Å²) in [4.78, 5) is 11.6. The Hall–Kier alpha value is -1.78. The van der Waals surface area contributed by atoms with Crippen LogP contribution in [0, 0.1) is 5.82 Å². The quantitative estimate of drug-likeness (QED) is 0.797. The van der Waals surface area contributed by atoms with E-state index >= 15 is 0 Å². The molecule has 0 radical (unpaired) electrons. The van der Waals surface area contributed by atoms with Gasteiger partial charge in [0.1, 0.15) is 11.4 Å². The van der Waals surface area contributed by atoms with Crippen LogP contribution >= 0.6 is 0 Å². The molecule has 3 N–H and O–H groups in total. The average Bonchev–Trinajstić information content (AvgIpc) is 2.12. The van der Waals surface area contributed by atoms with E-state index in [9.17, 15) is 9.18 Å². The molecule has 0 aromatic heterocycles. The third-order valence-corrected chi connectivity index (χ3v) is 2.18. The van der Waals surface area contributed by atoms with E-state index in [0.717, 1.165) is 0 Å². The number of carbonyl (C=O) groups excluding carboxylic acids is 1. The van der Waals surface area contributed by atoms with Crippen molar-refractivity contribution in [3.05, 3.63) is 29.6 Å². The predicted molar refractivity (Wildman–Crippen MR) is 68.6 cm³/mol. The van der Waals surface area contributed by atoms with Gasteiger partial charge in [0.25, 0.3) is 0 Å². The highest BCUT2D eigenvalue weighted by Crippen LogP contribution is 2.18. The van der Waals surface area contributed by atoms with Crippen LogP contribution in [0.4, 0.5) is 14.9 Å². The van der Waals surface area contributed by atoms with Crippen LogP contribution in [0.2, 0.25) is 0 Å². The highest BCUT2D eigenvalue weighted by molar-refractivity contribution is 5.68. The number of nitrogen functional groups attached to an aromatic ring is 1. The third-order valence-electron chi connectivity index (χ3n) is 2.18. The van der Waals surface area contributed by atoms with Crippen LogP contribution in [0.25, 0.3) is 0 Å². The zero-order chi connectivity index (χ0) is 13.9. The summed E-state index contributed by atoms with van der Waals surface area (Å²) in [5.74, 6) is -0.428. The van der Waals surface area contributed by atoms with Crippen molar-refractivity contribution in [1.29, 1.82) is 0 Å². The second kappa shape index (κ2) is 5.25. The van der Waals surface area contributed by atoms with Crippen molar-refractivity contribution in [2.75, 3.05) is 5.73 Å². The number of hydrogen-bond acceptors (Lipinski definition) is 3. The van der Waals surface area contributed by atoms with Crippen LogP contribution in [0.15, 0.2) is 18.2 Å². The minimum atomic E-state index is -0.565. The Morgan fingerprint density at radius 3 is 2.50 bits per heavy atom. The predicted octanol–water partition coefficient (Wildman–Crippen LogP) is 2.99. The summed E-state index contributed by atoms with van der Waals surface area (Å²) in [7, 11) is 0. The van der Waals surface area contributed by atoms with Crippen molar-refractivity contribution < 1.29 is 13.9 Å². The molecule has 0 saturated heterocycles. The summed E-state index contributed by atoms with van der Waals surface area (Å²) < 4.78 is 18.3. The van der Waals surface area contributed by atoms with Crippen molar-refractivity contribution in [2.24, 2.45) is 0 Å². The number of benzene rings is 1. The van der Waals surface area contributed by atoms with Crippen molar-refractivity contribution >= 4 is 11.8 Å². The summed E-state index contributed by atoms with van der Waals surface area (Å²) >= 11 is 0. The number of amides is 1. The molecule has 0 aliphatic carbocycles. The van der Waals surface area contributed by atoms with Gasteiger partial charge in [0.15, 0.2) is 0 Å². The lowest BCUT2D eigenvalue weighted by atomic mass is 10.1. The maximum absolute atomic E-state index is 13.2. The molecule has 1 aromatic rings.